The lowest BCUT2D eigenvalue weighted by Crippen LogP contribution is -2.17. The summed E-state index contributed by atoms with van der Waals surface area (Å²) in [5, 5.41) is 8.76. The first kappa shape index (κ1) is 17.5. The van der Waals surface area contributed by atoms with Gasteiger partial charge in [0.25, 0.3) is 0 Å². The Morgan fingerprint density at radius 2 is 1.76 bits per heavy atom. The van der Waals surface area contributed by atoms with Crippen molar-refractivity contribution >= 4 is 21.7 Å². The summed E-state index contributed by atoms with van der Waals surface area (Å²) in [5.41, 5.74) is 1.38. The highest BCUT2D eigenvalue weighted by molar-refractivity contribution is 7.92. The molecule has 0 radical (unpaired) electrons. The van der Waals surface area contributed by atoms with E-state index in [1.54, 1.807) is 24.3 Å². The molecule has 0 aromatic heterocycles. The number of carboxylic acids is 1. The van der Waals surface area contributed by atoms with Crippen molar-refractivity contribution in [1.29, 1.82) is 0 Å². The highest BCUT2D eigenvalue weighted by atomic mass is 32.2. The third-order valence-corrected chi connectivity index (χ3v) is 4.52. The molecule has 1 aromatic rings. The van der Waals surface area contributed by atoms with Crippen LogP contribution in [-0.4, -0.2) is 25.2 Å². The van der Waals surface area contributed by atoms with Crippen LogP contribution in [0.15, 0.2) is 24.3 Å². The van der Waals surface area contributed by atoms with Gasteiger partial charge in [-0.3, -0.25) is 9.52 Å². The number of rotatable bonds is 8. The Morgan fingerprint density at radius 1 is 1.19 bits per heavy atom. The minimum Gasteiger partial charge on any atom is -0.481 e. The molecule has 21 heavy (non-hydrogen) atoms. The zero-order valence-corrected chi connectivity index (χ0v) is 13.5. The van der Waals surface area contributed by atoms with Gasteiger partial charge >= 0.3 is 5.97 Å². The van der Waals surface area contributed by atoms with E-state index in [0.29, 0.717) is 18.0 Å². The number of hydrogen-bond donors (Lipinski definition) is 2. The monoisotopic (exact) mass is 313 g/mol. The quantitative estimate of drug-likeness (QED) is 0.772. The molecular weight excluding hydrogens is 290 g/mol. The molecule has 1 rings (SSSR count). The van der Waals surface area contributed by atoms with E-state index >= 15 is 0 Å². The van der Waals surface area contributed by atoms with Gasteiger partial charge in [-0.2, -0.15) is 0 Å². The molecule has 0 bridgehead atoms. The molecule has 0 aliphatic heterocycles. The summed E-state index contributed by atoms with van der Waals surface area (Å²) in [6, 6.07) is 6.85. The molecule has 118 valence electrons. The van der Waals surface area contributed by atoms with E-state index in [1.807, 2.05) is 20.8 Å². The average Bonchev–Trinajstić information content (AvgIpc) is 2.36. The van der Waals surface area contributed by atoms with Gasteiger partial charge in [0.2, 0.25) is 10.0 Å². The van der Waals surface area contributed by atoms with Gasteiger partial charge in [0.1, 0.15) is 0 Å². The van der Waals surface area contributed by atoms with Crippen molar-refractivity contribution in [2.45, 2.75) is 39.5 Å². The van der Waals surface area contributed by atoms with Crippen LogP contribution >= 0.6 is 0 Å². The van der Waals surface area contributed by atoms with E-state index in [9.17, 15) is 13.2 Å². The van der Waals surface area contributed by atoms with E-state index in [0.717, 1.165) is 5.56 Å². The standard InChI is InChI=1S/C15H23NO4S/c1-11(2)8-9-21(19,20)16-14-6-4-13(5-7-14)12(3)10-15(17)18/h4-7,11-12,16H,8-10H2,1-3H3,(H,17,18). The van der Waals surface area contributed by atoms with Gasteiger partial charge in [0.15, 0.2) is 0 Å². The first-order valence-corrected chi connectivity index (χ1v) is 8.67. The van der Waals surface area contributed by atoms with Crippen LogP contribution in [0.3, 0.4) is 0 Å². The number of hydrogen-bond acceptors (Lipinski definition) is 3. The highest BCUT2D eigenvalue weighted by Crippen LogP contribution is 2.21. The predicted molar refractivity (Wildman–Crippen MR) is 84.0 cm³/mol. The maximum atomic E-state index is 11.9. The lowest BCUT2D eigenvalue weighted by atomic mass is 9.98. The molecule has 1 unspecified atom stereocenters. The molecule has 0 spiro atoms. The summed E-state index contributed by atoms with van der Waals surface area (Å²) in [6.45, 7) is 5.79. The van der Waals surface area contributed by atoms with Gasteiger partial charge in [-0.15, -0.1) is 0 Å². The van der Waals surface area contributed by atoms with E-state index in [4.69, 9.17) is 5.11 Å². The molecule has 0 amide bonds. The fraction of sp³-hybridized carbons (Fsp3) is 0.533. The lowest BCUT2D eigenvalue weighted by Gasteiger charge is -2.12. The van der Waals surface area contributed by atoms with Crippen LogP contribution in [0.5, 0.6) is 0 Å². The molecule has 0 heterocycles. The zero-order valence-electron chi connectivity index (χ0n) is 12.7. The number of aliphatic carboxylic acids is 1. The van der Waals surface area contributed by atoms with E-state index < -0.39 is 16.0 Å². The molecule has 1 atom stereocenters. The maximum Gasteiger partial charge on any atom is 0.303 e. The highest BCUT2D eigenvalue weighted by Gasteiger charge is 2.13. The van der Waals surface area contributed by atoms with Crippen molar-refractivity contribution < 1.29 is 18.3 Å². The summed E-state index contributed by atoms with van der Waals surface area (Å²) >= 11 is 0. The van der Waals surface area contributed by atoms with Crippen LogP contribution in [-0.2, 0) is 14.8 Å². The number of anilines is 1. The van der Waals surface area contributed by atoms with Gasteiger partial charge in [-0.05, 0) is 36.0 Å². The number of carboxylic acid groups (broad SMARTS) is 1. The molecule has 5 nitrogen and oxygen atoms in total. The number of carbonyl (C=O) groups is 1. The minimum absolute atomic E-state index is 0.0550. The van der Waals surface area contributed by atoms with E-state index in [1.165, 1.54) is 0 Å². The molecule has 0 fully saturated rings. The van der Waals surface area contributed by atoms with Crippen molar-refractivity contribution in [2.75, 3.05) is 10.5 Å². The topological polar surface area (TPSA) is 83.5 Å². The Morgan fingerprint density at radius 3 is 2.24 bits per heavy atom. The van der Waals surface area contributed by atoms with Gasteiger partial charge in [0, 0.05) is 5.69 Å². The SMILES string of the molecule is CC(C)CCS(=O)(=O)Nc1ccc(C(C)CC(=O)O)cc1. The fourth-order valence-electron chi connectivity index (χ4n) is 1.88. The lowest BCUT2D eigenvalue weighted by molar-refractivity contribution is -0.137. The summed E-state index contributed by atoms with van der Waals surface area (Å²) in [6.07, 6.45) is 0.669. The molecular formula is C15H23NO4S. The van der Waals surface area contributed by atoms with Crippen LogP contribution in [0.25, 0.3) is 0 Å². The van der Waals surface area contributed by atoms with Gasteiger partial charge in [-0.1, -0.05) is 32.9 Å². The fourth-order valence-corrected chi connectivity index (χ4v) is 3.26. The third kappa shape index (κ3) is 6.62. The zero-order chi connectivity index (χ0) is 16.0. The summed E-state index contributed by atoms with van der Waals surface area (Å²) in [4.78, 5) is 10.7. The summed E-state index contributed by atoms with van der Waals surface area (Å²) in [7, 11) is -3.33. The van der Waals surface area contributed by atoms with Gasteiger partial charge in [-0.25, -0.2) is 8.42 Å². The first-order chi connectivity index (χ1) is 9.69. The predicted octanol–water partition coefficient (Wildman–Crippen LogP) is 3.05. The summed E-state index contributed by atoms with van der Waals surface area (Å²) < 4.78 is 26.3. The second kappa shape index (κ2) is 7.45. The van der Waals surface area contributed by atoms with Crippen molar-refractivity contribution in [2.24, 2.45) is 5.92 Å². The number of sulfonamides is 1. The van der Waals surface area contributed by atoms with E-state index in [2.05, 4.69) is 4.72 Å². The Kier molecular flexibility index (Phi) is 6.20. The molecule has 2 N–H and O–H groups in total. The molecule has 0 aliphatic rings. The van der Waals surface area contributed by atoms with Crippen LogP contribution in [0.2, 0.25) is 0 Å². The minimum atomic E-state index is -3.33. The van der Waals surface area contributed by atoms with Gasteiger partial charge < -0.3 is 5.11 Å². The largest absolute Gasteiger partial charge is 0.481 e. The number of benzene rings is 1. The molecule has 1 aromatic carbocycles. The molecule has 0 saturated heterocycles. The normalized spacial score (nSPS) is 13.1. The van der Waals surface area contributed by atoms with Crippen molar-refractivity contribution in [3.05, 3.63) is 29.8 Å². The molecule has 0 saturated carbocycles. The third-order valence-electron chi connectivity index (χ3n) is 3.20. The average molecular weight is 313 g/mol. The van der Waals surface area contributed by atoms with Crippen LogP contribution in [0.4, 0.5) is 5.69 Å². The summed E-state index contributed by atoms with van der Waals surface area (Å²) in [5.74, 6) is -0.516. The smallest absolute Gasteiger partial charge is 0.303 e. The second-order valence-electron chi connectivity index (χ2n) is 5.72. The van der Waals surface area contributed by atoms with Gasteiger partial charge in [0.05, 0.1) is 12.2 Å². The van der Waals surface area contributed by atoms with Crippen LogP contribution < -0.4 is 4.72 Å². The van der Waals surface area contributed by atoms with E-state index in [-0.39, 0.29) is 18.1 Å². The number of nitrogens with one attached hydrogen (secondary N) is 1. The second-order valence-corrected chi connectivity index (χ2v) is 7.57. The molecule has 6 heteroatoms. The first-order valence-electron chi connectivity index (χ1n) is 7.02. The van der Waals surface area contributed by atoms with Crippen molar-refractivity contribution in [1.82, 2.24) is 0 Å². The van der Waals surface area contributed by atoms with Crippen LogP contribution in [0.1, 0.15) is 45.1 Å². The maximum absolute atomic E-state index is 11.9. The Hall–Kier alpha value is -1.56. The molecule has 0 aliphatic carbocycles. The van der Waals surface area contributed by atoms with Crippen molar-refractivity contribution in [3.63, 3.8) is 0 Å². The Bertz CT molecular complexity index is 564. The van der Waals surface area contributed by atoms with Crippen LogP contribution in [0, 0.1) is 5.92 Å². The Balaban J connectivity index is 2.68. The van der Waals surface area contributed by atoms with Crippen molar-refractivity contribution in [3.8, 4) is 0 Å². The Labute approximate surface area is 126 Å².